The molecule has 3 aromatic rings. The summed E-state index contributed by atoms with van der Waals surface area (Å²) in [6, 6.07) is 11.9. The molecule has 190 valence electrons. The van der Waals surface area contributed by atoms with E-state index in [4.69, 9.17) is 9.73 Å². The summed E-state index contributed by atoms with van der Waals surface area (Å²) < 4.78 is 7.08. The monoisotopic (exact) mass is 524 g/mol. The maximum absolute atomic E-state index is 13.5. The molecular formula is C26H32N6O2S2. The van der Waals surface area contributed by atoms with E-state index in [1.54, 1.807) is 11.3 Å². The van der Waals surface area contributed by atoms with Crippen LogP contribution >= 0.6 is 24.8 Å². The van der Waals surface area contributed by atoms with E-state index >= 15 is 0 Å². The topological polar surface area (TPSA) is 83.0 Å². The highest BCUT2D eigenvalue weighted by molar-refractivity contribution is 7.59. The summed E-state index contributed by atoms with van der Waals surface area (Å²) >= 11 is 1.60. The highest BCUT2D eigenvalue weighted by Crippen LogP contribution is 2.39. The first kappa shape index (κ1) is 26.1. The van der Waals surface area contributed by atoms with E-state index < -0.39 is 5.54 Å². The van der Waals surface area contributed by atoms with E-state index in [1.165, 1.54) is 0 Å². The average molecular weight is 525 g/mol. The summed E-state index contributed by atoms with van der Waals surface area (Å²) in [5.74, 6) is 2.23. The molecule has 4 heterocycles. The third kappa shape index (κ3) is 4.85. The molecule has 1 N–H and O–H groups in total. The van der Waals surface area contributed by atoms with Crippen molar-refractivity contribution in [3.63, 3.8) is 0 Å². The quantitative estimate of drug-likeness (QED) is 0.518. The molecule has 2 aromatic heterocycles. The van der Waals surface area contributed by atoms with Gasteiger partial charge in [0.25, 0.3) is 0 Å². The number of amidine groups is 1. The number of rotatable bonds is 5. The molecule has 1 atom stereocenters. The van der Waals surface area contributed by atoms with E-state index in [9.17, 15) is 4.79 Å². The number of nitrogens with zero attached hydrogens (tertiary/aromatic N) is 5. The van der Waals surface area contributed by atoms with Gasteiger partial charge >= 0.3 is 6.09 Å². The Morgan fingerprint density at radius 2 is 1.97 bits per heavy atom. The number of aryl methyl sites for hydroxylation is 1. The first-order valence-electron chi connectivity index (χ1n) is 11.7. The molecule has 0 saturated heterocycles. The van der Waals surface area contributed by atoms with Gasteiger partial charge in [-0.3, -0.25) is 9.89 Å². The van der Waals surface area contributed by atoms with Gasteiger partial charge in [-0.05, 0) is 57.4 Å². The SMILES string of the molecule is Cc1nc(NC2=NCC3=C2CN(C(=O)O[C@H](CN(C)C)c2ccccc2)C3(C)C)c2sccc2n1.S. The van der Waals surface area contributed by atoms with Crippen LogP contribution in [0.15, 0.2) is 57.9 Å². The number of aliphatic imine (C=N–C) groups is 1. The summed E-state index contributed by atoms with van der Waals surface area (Å²) in [7, 11) is 3.96. The van der Waals surface area contributed by atoms with Crippen LogP contribution in [0.3, 0.4) is 0 Å². The van der Waals surface area contributed by atoms with Crippen molar-refractivity contribution in [1.29, 1.82) is 0 Å². The number of anilines is 1. The highest BCUT2D eigenvalue weighted by Gasteiger charge is 2.46. The zero-order chi connectivity index (χ0) is 24.7. The number of carbonyl (C=O) groups is 1. The van der Waals surface area contributed by atoms with Crippen molar-refractivity contribution in [2.24, 2.45) is 4.99 Å². The van der Waals surface area contributed by atoms with Crippen LogP contribution in [0.1, 0.15) is 31.3 Å². The van der Waals surface area contributed by atoms with Crippen LogP contribution in [0, 0.1) is 6.92 Å². The molecule has 8 nitrogen and oxygen atoms in total. The Kier molecular flexibility index (Phi) is 7.40. The second-order valence-corrected chi connectivity index (χ2v) is 10.6. The van der Waals surface area contributed by atoms with Gasteiger partial charge in [0, 0.05) is 12.1 Å². The van der Waals surface area contributed by atoms with Gasteiger partial charge in [0.1, 0.15) is 17.8 Å². The standard InChI is InChI=1S/C26H30N6O2S.H2S/c1-16-28-20-11-12-35-22(20)24(29-16)30-23-18-14-32(26(2,3)19(18)13-27-23)25(33)34-21(15-31(4)5)17-9-7-6-8-10-17;/h6-12,21H,13-15H2,1-5H3,(H,27,28,29,30);1H2/t21-;/m1./s1. The Hall–Kier alpha value is -2.95. The lowest BCUT2D eigenvalue weighted by molar-refractivity contribution is 0.0383. The minimum Gasteiger partial charge on any atom is -0.440 e. The van der Waals surface area contributed by atoms with Gasteiger partial charge in [-0.1, -0.05) is 30.3 Å². The molecule has 36 heavy (non-hydrogen) atoms. The van der Waals surface area contributed by atoms with Gasteiger partial charge in [-0.2, -0.15) is 13.5 Å². The fourth-order valence-electron chi connectivity index (χ4n) is 4.72. The molecule has 0 aliphatic carbocycles. The minimum atomic E-state index is -0.501. The van der Waals surface area contributed by atoms with Crippen molar-refractivity contribution in [2.45, 2.75) is 32.4 Å². The van der Waals surface area contributed by atoms with Crippen LogP contribution in [-0.4, -0.2) is 71.0 Å². The molecular weight excluding hydrogens is 492 g/mol. The first-order chi connectivity index (χ1) is 16.7. The Labute approximate surface area is 222 Å². The summed E-state index contributed by atoms with van der Waals surface area (Å²) in [5.41, 5.74) is 3.57. The van der Waals surface area contributed by atoms with E-state index in [-0.39, 0.29) is 25.7 Å². The van der Waals surface area contributed by atoms with Gasteiger partial charge in [0.15, 0.2) is 5.82 Å². The van der Waals surface area contributed by atoms with Crippen molar-refractivity contribution < 1.29 is 9.53 Å². The Morgan fingerprint density at radius 3 is 2.69 bits per heavy atom. The van der Waals surface area contributed by atoms with Crippen molar-refractivity contribution in [1.82, 2.24) is 19.8 Å². The molecule has 10 heteroatoms. The molecule has 0 unspecified atom stereocenters. The smallest absolute Gasteiger partial charge is 0.411 e. The average Bonchev–Trinajstić information content (AvgIpc) is 3.50. The predicted octanol–water partition coefficient (Wildman–Crippen LogP) is 4.77. The molecule has 0 spiro atoms. The molecule has 0 bridgehead atoms. The molecule has 0 fully saturated rings. The lowest BCUT2D eigenvalue weighted by atomic mass is 9.94. The lowest BCUT2D eigenvalue weighted by Crippen LogP contribution is -2.47. The van der Waals surface area contributed by atoms with Gasteiger partial charge in [0.2, 0.25) is 0 Å². The number of benzene rings is 1. The maximum atomic E-state index is 13.5. The maximum Gasteiger partial charge on any atom is 0.411 e. The Balaban J connectivity index is 0.00000304. The van der Waals surface area contributed by atoms with Gasteiger partial charge in [-0.25, -0.2) is 14.8 Å². The third-order valence-corrected chi connectivity index (χ3v) is 7.50. The molecule has 1 amide bonds. The Morgan fingerprint density at radius 1 is 1.22 bits per heavy atom. The largest absolute Gasteiger partial charge is 0.440 e. The number of ether oxygens (including phenoxy) is 1. The van der Waals surface area contributed by atoms with Crippen molar-refractivity contribution in [2.75, 3.05) is 39.0 Å². The fourth-order valence-corrected chi connectivity index (χ4v) is 5.50. The predicted molar refractivity (Wildman–Crippen MR) is 150 cm³/mol. The Bertz CT molecular complexity index is 1330. The van der Waals surface area contributed by atoms with Crippen molar-refractivity contribution in [3.8, 4) is 0 Å². The molecule has 0 radical (unpaired) electrons. The third-order valence-electron chi connectivity index (χ3n) is 6.59. The number of thiophene rings is 1. The second-order valence-electron chi connectivity index (χ2n) is 9.69. The highest BCUT2D eigenvalue weighted by atomic mass is 32.1. The number of likely N-dealkylation sites (N-methyl/N-ethyl adjacent to an activating group) is 1. The summed E-state index contributed by atoms with van der Waals surface area (Å²) in [5, 5.41) is 5.45. The summed E-state index contributed by atoms with van der Waals surface area (Å²) in [6.07, 6.45) is -0.676. The van der Waals surface area contributed by atoms with E-state index in [0.717, 1.165) is 38.6 Å². The van der Waals surface area contributed by atoms with Crippen LogP contribution in [0.5, 0.6) is 0 Å². The number of fused-ring (bicyclic) bond motifs is 1. The molecule has 1 aromatic carbocycles. The lowest BCUT2D eigenvalue weighted by Gasteiger charge is -2.35. The van der Waals surface area contributed by atoms with Crippen LogP contribution < -0.4 is 5.32 Å². The zero-order valence-corrected chi connectivity index (χ0v) is 23.0. The number of carbonyl (C=O) groups excluding carboxylic acids is 1. The van der Waals surface area contributed by atoms with Crippen LogP contribution in [0.2, 0.25) is 0 Å². The number of hydrogen-bond donors (Lipinski definition) is 1. The summed E-state index contributed by atoms with van der Waals surface area (Å²) in [6.45, 7) is 7.60. The van der Waals surface area contributed by atoms with Crippen molar-refractivity contribution >= 4 is 52.8 Å². The summed E-state index contributed by atoms with van der Waals surface area (Å²) in [4.78, 5) is 31.2. The van der Waals surface area contributed by atoms with Crippen LogP contribution in [0.4, 0.5) is 10.6 Å². The number of aromatic nitrogens is 2. The van der Waals surface area contributed by atoms with E-state index in [2.05, 4.69) is 29.1 Å². The van der Waals surface area contributed by atoms with E-state index in [0.29, 0.717) is 25.5 Å². The zero-order valence-electron chi connectivity index (χ0n) is 21.2. The normalized spacial score (nSPS) is 17.2. The number of amides is 1. The van der Waals surface area contributed by atoms with Crippen molar-refractivity contribution in [3.05, 3.63) is 64.3 Å². The fraction of sp³-hybridized carbons (Fsp3) is 0.385. The minimum absolute atomic E-state index is 0. The second kappa shape index (κ2) is 10.2. The van der Waals surface area contributed by atoms with E-state index in [1.807, 2.05) is 72.6 Å². The van der Waals surface area contributed by atoms with Gasteiger partial charge in [-0.15, -0.1) is 11.3 Å². The molecule has 5 rings (SSSR count). The van der Waals surface area contributed by atoms with Crippen LogP contribution in [0.25, 0.3) is 10.2 Å². The number of nitrogens with one attached hydrogen (secondary N) is 1. The first-order valence-corrected chi connectivity index (χ1v) is 12.6. The number of hydrogen-bond acceptors (Lipinski definition) is 8. The van der Waals surface area contributed by atoms with Gasteiger partial charge in [0.05, 0.1) is 28.8 Å². The molecule has 0 saturated carbocycles. The molecule has 2 aliphatic rings. The molecule has 2 aliphatic heterocycles. The van der Waals surface area contributed by atoms with Gasteiger partial charge < -0.3 is 15.0 Å². The van der Waals surface area contributed by atoms with Crippen LogP contribution in [-0.2, 0) is 4.74 Å².